The summed E-state index contributed by atoms with van der Waals surface area (Å²) in [7, 11) is 0. The van der Waals surface area contributed by atoms with Crippen LogP contribution in [0.2, 0.25) is 0 Å². The highest BCUT2D eigenvalue weighted by molar-refractivity contribution is 6.01. The van der Waals surface area contributed by atoms with Crippen molar-refractivity contribution >= 4 is 34.0 Å². The molecule has 1 aliphatic rings. The first kappa shape index (κ1) is 18.9. The third-order valence-corrected chi connectivity index (χ3v) is 5.08. The van der Waals surface area contributed by atoms with Gasteiger partial charge in [-0.2, -0.15) is 5.10 Å². The molecule has 1 aliphatic carbocycles. The van der Waals surface area contributed by atoms with E-state index in [-0.39, 0.29) is 24.2 Å². The molecule has 0 radical (unpaired) electrons. The molecule has 29 heavy (non-hydrogen) atoms. The molecule has 0 heterocycles. The van der Waals surface area contributed by atoms with Crippen LogP contribution in [-0.2, 0) is 16.0 Å². The summed E-state index contributed by atoms with van der Waals surface area (Å²) in [6, 6.07) is 21.5. The van der Waals surface area contributed by atoms with Gasteiger partial charge in [0.15, 0.2) is 0 Å². The second-order valence-electron chi connectivity index (χ2n) is 7.39. The summed E-state index contributed by atoms with van der Waals surface area (Å²) < 4.78 is 0. The molecule has 2 amide bonds. The summed E-state index contributed by atoms with van der Waals surface area (Å²) in [4.78, 5) is 24.4. The Kier molecular flexibility index (Phi) is 5.38. The van der Waals surface area contributed by atoms with Gasteiger partial charge in [0.2, 0.25) is 11.8 Å². The maximum Gasteiger partial charge on any atom is 0.244 e. The lowest BCUT2D eigenvalue weighted by Gasteiger charge is -2.08. The highest BCUT2D eigenvalue weighted by Crippen LogP contribution is 2.30. The van der Waals surface area contributed by atoms with Crippen molar-refractivity contribution in [2.75, 3.05) is 5.32 Å². The standard InChI is InChI=1S/C24H23N3O2/c1-16(19-8-5-10-21(14-19)25-24(29)18-12-13-18)26-27-23(28)15-20-9-4-7-17-6-2-3-11-22(17)20/h2-11,14,18H,12-13,15H2,1H3,(H,25,29)(H,27,28)/b26-16-. The molecule has 0 aliphatic heterocycles. The molecular weight excluding hydrogens is 362 g/mol. The molecule has 0 aromatic heterocycles. The largest absolute Gasteiger partial charge is 0.326 e. The average Bonchev–Trinajstić information content (AvgIpc) is 3.58. The summed E-state index contributed by atoms with van der Waals surface area (Å²) in [6.45, 7) is 1.83. The Morgan fingerprint density at radius 3 is 2.59 bits per heavy atom. The summed E-state index contributed by atoms with van der Waals surface area (Å²) in [6.07, 6.45) is 2.19. The minimum atomic E-state index is -0.168. The summed E-state index contributed by atoms with van der Waals surface area (Å²) in [5, 5.41) is 9.36. The Labute approximate surface area is 169 Å². The second-order valence-corrected chi connectivity index (χ2v) is 7.39. The lowest BCUT2D eigenvalue weighted by Crippen LogP contribution is -2.21. The Morgan fingerprint density at radius 2 is 1.76 bits per heavy atom. The second kappa shape index (κ2) is 8.27. The van der Waals surface area contributed by atoms with Crippen molar-refractivity contribution in [1.29, 1.82) is 0 Å². The Hall–Kier alpha value is -3.47. The number of hydrazone groups is 1. The SMILES string of the molecule is C/C(=N/NC(=O)Cc1cccc2ccccc12)c1cccc(NC(=O)C2CC2)c1. The molecule has 1 saturated carbocycles. The molecule has 0 atom stereocenters. The number of carbonyl (C=O) groups is 2. The van der Waals surface area contributed by atoms with Crippen molar-refractivity contribution < 1.29 is 9.59 Å². The van der Waals surface area contributed by atoms with Gasteiger partial charge in [0, 0.05) is 11.6 Å². The number of hydrogen-bond donors (Lipinski definition) is 2. The number of anilines is 1. The molecule has 3 aromatic carbocycles. The van der Waals surface area contributed by atoms with E-state index in [9.17, 15) is 9.59 Å². The summed E-state index contributed by atoms with van der Waals surface area (Å²) in [5.74, 6) is 0.0563. The molecule has 5 nitrogen and oxygen atoms in total. The van der Waals surface area contributed by atoms with Gasteiger partial charge in [-0.1, -0.05) is 54.6 Å². The summed E-state index contributed by atoms with van der Waals surface area (Å²) in [5.41, 5.74) is 5.89. The smallest absolute Gasteiger partial charge is 0.244 e. The highest BCUT2D eigenvalue weighted by atomic mass is 16.2. The Morgan fingerprint density at radius 1 is 1.00 bits per heavy atom. The van der Waals surface area contributed by atoms with E-state index in [4.69, 9.17) is 0 Å². The van der Waals surface area contributed by atoms with Crippen LogP contribution in [0.25, 0.3) is 10.8 Å². The third-order valence-electron chi connectivity index (χ3n) is 5.08. The van der Waals surface area contributed by atoms with Crippen molar-refractivity contribution in [3.8, 4) is 0 Å². The first-order chi connectivity index (χ1) is 14.1. The van der Waals surface area contributed by atoms with Crippen molar-refractivity contribution in [2.45, 2.75) is 26.2 Å². The highest BCUT2D eigenvalue weighted by Gasteiger charge is 2.29. The first-order valence-electron chi connectivity index (χ1n) is 9.81. The number of benzene rings is 3. The van der Waals surface area contributed by atoms with Crippen LogP contribution in [0, 0.1) is 5.92 Å². The molecular formula is C24H23N3O2. The van der Waals surface area contributed by atoms with E-state index in [1.807, 2.05) is 73.7 Å². The van der Waals surface area contributed by atoms with E-state index >= 15 is 0 Å². The Bertz CT molecular complexity index is 1090. The van der Waals surface area contributed by atoms with Crippen molar-refractivity contribution in [2.24, 2.45) is 11.0 Å². The normalized spacial score (nSPS) is 13.9. The van der Waals surface area contributed by atoms with Gasteiger partial charge in [0.25, 0.3) is 0 Å². The number of nitrogens with zero attached hydrogens (tertiary/aromatic N) is 1. The van der Waals surface area contributed by atoms with Gasteiger partial charge in [-0.05, 0) is 53.8 Å². The van der Waals surface area contributed by atoms with Crippen molar-refractivity contribution in [3.05, 3.63) is 77.9 Å². The molecule has 2 N–H and O–H groups in total. The van der Waals surface area contributed by atoms with E-state index in [1.165, 1.54) is 0 Å². The van der Waals surface area contributed by atoms with Crippen LogP contribution in [0.3, 0.4) is 0 Å². The molecule has 146 valence electrons. The van der Waals surface area contributed by atoms with E-state index < -0.39 is 0 Å². The minimum absolute atomic E-state index is 0.0696. The molecule has 0 bridgehead atoms. The van der Waals surface area contributed by atoms with Gasteiger partial charge in [-0.15, -0.1) is 0 Å². The lowest BCUT2D eigenvalue weighted by atomic mass is 10.0. The quantitative estimate of drug-likeness (QED) is 0.491. The van der Waals surface area contributed by atoms with Crippen LogP contribution >= 0.6 is 0 Å². The monoisotopic (exact) mass is 385 g/mol. The zero-order valence-corrected chi connectivity index (χ0v) is 16.3. The fraction of sp³-hybridized carbons (Fsp3) is 0.208. The van der Waals surface area contributed by atoms with Crippen LogP contribution in [0.15, 0.2) is 71.8 Å². The zero-order valence-electron chi connectivity index (χ0n) is 16.3. The molecule has 0 saturated heterocycles. The van der Waals surface area contributed by atoms with Gasteiger partial charge < -0.3 is 5.32 Å². The number of amides is 2. The van der Waals surface area contributed by atoms with Crippen LogP contribution in [0.1, 0.15) is 30.9 Å². The molecule has 5 heteroatoms. The number of carbonyl (C=O) groups excluding carboxylic acids is 2. The van der Waals surface area contributed by atoms with Crippen molar-refractivity contribution in [3.63, 3.8) is 0 Å². The maximum absolute atomic E-state index is 12.4. The average molecular weight is 385 g/mol. The van der Waals surface area contributed by atoms with Crippen LogP contribution in [0.4, 0.5) is 5.69 Å². The molecule has 4 rings (SSSR count). The summed E-state index contributed by atoms with van der Waals surface area (Å²) >= 11 is 0. The number of fused-ring (bicyclic) bond motifs is 1. The van der Waals surface area contributed by atoms with Gasteiger partial charge in [-0.25, -0.2) is 5.43 Å². The number of hydrogen-bond acceptors (Lipinski definition) is 3. The van der Waals surface area contributed by atoms with Gasteiger partial charge in [0.05, 0.1) is 12.1 Å². The lowest BCUT2D eigenvalue weighted by molar-refractivity contribution is -0.120. The molecule has 0 spiro atoms. The minimum Gasteiger partial charge on any atom is -0.326 e. The van der Waals surface area contributed by atoms with Crippen LogP contribution < -0.4 is 10.7 Å². The van der Waals surface area contributed by atoms with Gasteiger partial charge in [-0.3, -0.25) is 9.59 Å². The van der Waals surface area contributed by atoms with Crippen LogP contribution in [-0.4, -0.2) is 17.5 Å². The van der Waals surface area contributed by atoms with Gasteiger partial charge >= 0.3 is 0 Å². The third kappa shape index (κ3) is 4.69. The van der Waals surface area contributed by atoms with E-state index in [2.05, 4.69) is 15.8 Å². The molecule has 1 fully saturated rings. The molecule has 3 aromatic rings. The van der Waals surface area contributed by atoms with E-state index in [0.717, 1.165) is 40.4 Å². The number of rotatable bonds is 6. The zero-order chi connectivity index (χ0) is 20.2. The van der Waals surface area contributed by atoms with Gasteiger partial charge in [0.1, 0.15) is 0 Å². The fourth-order valence-corrected chi connectivity index (χ4v) is 3.28. The van der Waals surface area contributed by atoms with E-state index in [0.29, 0.717) is 5.71 Å². The Balaban J connectivity index is 1.41. The first-order valence-corrected chi connectivity index (χ1v) is 9.81. The predicted octanol–water partition coefficient (Wildman–Crippen LogP) is 4.27. The predicted molar refractivity (Wildman–Crippen MR) is 116 cm³/mol. The van der Waals surface area contributed by atoms with Crippen LogP contribution in [0.5, 0.6) is 0 Å². The topological polar surface area (TPSA) is 70.6 Å². The van der Waals surface area contributed by atoms with Crippen molar-refractivity contribution in [1.82, 2.24) is 5.43 Å². The number of nitrogens with one attached hydrogen (secondary N) is 2. The fourth-order valence-electron chi connectivity index (χ4n) is 3.28. The maximum atomic E-state index is 12.4. The molecule has 0 unspecified atom stereocenters. The van der Waals surface area contributed by atoms with E-state index in [1.54, 1.807) is 0 Å².